The number of amides is 2. The van der Waals surface area contributed by atoms with Crippen LogP contribution in [0.4, 0.5) is 14.9 Å². The van der Waals surface area contributed by atoms with Gasteiger partial charge >= 0.3 is 6.03 Å². The standard InChI is InChI=1S/C21H26FN3O/c1-16-3-8-20(15-17(16)2)23-21(26)25-13-11-24(12-14-25)10-9-18-4-6-19(22)7-5-18/h3-8,15H,9-14H2,1-2H3,(H,23,26). The lowest BCUT2D eigenvalue weighted by atomic mass is 10.1. The van der Waals surface area contributed by atoms with E-state index in [0.717, 1.165) is 50.4 Å². The van der Waals surface area contributed by atoms with E-state index in [2.05, 4.69) is 17.1 Å². The minimum absolute atomic E-state index is 0.0357. The lowest BCUT2D eigenvalue weighted by Gasteiger charge is -2.34. The van der Waals surface area contributed by atoms with Gasteiger partial charge in [0.05, 0.1) is 0 Å². The molecule has 0 atom stereocenters. The van der Waals surface area contributed by atoms with E-state index in [-0.39, 0.29) is 11.8 Å². The third-order valence-electron chi connectivity index (χ3n) is 5.05. The molecule has 2 amide bonds. The Kier molecular flexibility index (Phi) is 5.89. The van der Waals surface area contributed by atoms with E-state index in [0.29, 0.717) is 0 Å². The minimum atomic E-state index is -0.197. The molecule has 0 radical (unpaired) electrons. The zero-order valence-electron chi connectivity index (χ0n) is 15.5. The van der Waals surface area contributed by atoms with E-state index < -0.39 is 0 Å². The Morgan fingerprint density at radius 3 is 2.35 bits per heavy atom. The van der Waals surface area contributed by atoms with Gasteiger partial charge in [-0.25, -0.2) is 9.18 Å². The number of halogens is 1. The quantitative estimate of drug-likeness (QED) is 0.905. The van der Waals surface area contributed by atoms with Crippen molar-refractivity contribution in [2.75, 3.05) is 38.0 Å². The van der Waals surface area contributed by atoms with Gasteiger partial charge < -0.3 is 10.2 Å². The molecule has 3 rings (SSSR count). The number of piperazine rings is 1. The fraction of sp³-hybridized carbons (Fsp3) is 0.381. The summed E-state index contributed by atoms with van der Waals surface area (Å²) < 4.78 is 12.9. The van der Waals surface area contributed by atoms with E-state index in [1.165, 1.54) is 23.3 Å². The van der Waals surface area contributed by atoms with Crippen molar-refractivity contribution in [3.8, 4) is 0 Å². The number of hydrogen-bond donors (Lipinski definition) is 1. The van der Waals surface area contributed by atoms with Crippen LogP contribution in [0.25, 0.3) is 0 Å². The summed E-state index contributed by atoms with van der Waals surface area (Å²) >= 11 is 0. The van der Waals surface area contributed by atoms with Gasteiger partial charge in [-0.05, 0) is 61.2 Å². The fourth-order valence-corrected chi connectivity index (χ4v) is 3.13. The molecule has 26 heavy (non-hydrogen) atoms. The average Bonchev–Trinajstić information content (AvgIpc) is 2.65. The molecule has 4 nitrogen and oxygen atoms in total. The number of anilines is 1. The molecule has 1 saturated heterocycles. The molecule has 138 valence electrons. The first kappa shape index (κ1) is 18.4. The second-order valence-electron chi connectivity index (χ2n) is 6.93. The van der Waals surface area contributed by atoms with Gasteiger partial charge in [-0.15, -0.1) is 0 Å². The lowest BCUT2D eigenvalue weighted by Crippen LogP contribution is -2.50. The van der Waals surface area contributed by atoms with Gasteiger partial charge in [0.25, 0.3) is 0 Å². The van der Waals surface area contributed by atoms with Crippen molar-refractivity contribution >= 4 is 11.7 Å². The van der Waals surface area contributed by atoms with Crippen molar-refractivity contribution in [1.82, 2.24) is 9.80 Å². The van der Waals surface area contributed by atoms with Gasteiger partial charge in [-0.2, -0.15) is 0 Å². The normalized spacial score (nSPS) is 15.1. The summed E-state index contributed by atoms with van der Waals surface area (Å²) in [6.07, 6.45) is 0.898. The fourth-order valence-electron chi connectivity index (χ4n) is 3.13. The van der Waals surface area contributed by atoms with Crippen molar-refractivity contribution < 1.29 is 9.18 Å². The highest BCUT2D eigenvalue weighted by molar-refractivity contribution is 5.89. The third-order valence-corrected chi connectivity index (χ3v) is 5.05. The monoisotopic (exact) mass is 355 g/mol. The summed E-state index contributed by atoms with van der Waals surface area (Å²) in [6.45, 7) is 8.21. The van der Waals surface area contributed by atoms with Crippen LogP contribution in [0.1, 0.15) is 16.7 Å². The molecule has 2 aromatic carbocycles. The summed E-state index contributed by atoms with van der Waals surface area (Å²) in [6, 6.07) is 12.6. The molecule has 0 saturated carbocycles. The van der Waals surface area contributed by atoms with Crippen LogP contribution in [0.3, 0.4) is 0 Å². The Morgan fingerprint density at radius 1 is 1.00 bits per heavy atom. The molecule has 1 N–H and O–H groups in total. The number of hydrogen-bond acceptors (Lipinski definition) is 2. The summed E-state index contributed by atoms with van der Waals surface area (Å²) in [7, 11) is 0. The maximum atomic E-state index is 12.9. The van der Waals surface area contributed by atoms with E-state index in [1.807, 2.05) is 42.2 Å². The van der Waals surface area contributed by atoms with Gasteiger partial charge in [0, 0.05) is 38.4 Å². The Hall–Kier alpha value is -2.40. The number of carbonyl (C=O) groups is 1. The molecule has 0 unspecified atom stereocenters. The summed E-state index contributed by atoms with van der Waals surface area (Å²) in [5, 5.41) is 2.99. The molecular weight excluding hydrogens is 329 g/mol. The third kappa shape index (κ3) is 4.82. The van der Waals surface area contributed by atoms with Crippen LogP contribution in [-0.4, -0.2) is 48.6 Å². The minimum Gasteiger partial charge on any atom is -0.322 e. The zero-order chi connectivity index (χ0) is 18.5. The van der Waals surface area contributed by atoms with Crippen LogP contribution >= 0.6 is 0 Å². The van der Waals surface area contributed by atoms with Crippen LogP contribution in [0.5, 0.6) is 0 Å². The Labute approximate surface area is 154 Å². The first-order valence-corrected chi connectivity index (χ1v) is 9.11. The first-order valence-electron chi connectivity index (χ1n) is 9.11. The number of carbonyl (C=O) groups excluding carboxylic acids is 1. The Balaban J connectivity index is 1.44. The van der Waals surface area contributed by atoms with E-state index in [4.69, 9.17) is 0 Å². The smallest absolute Gasteiger partial charge is 0.321 e. The Morgan fingerprint density at radius 2 is 1.69 bits per heavy atom. The number of nitrogens with zero attached hydrogens (tertiary/aromatic N) is 2. The van der Waals surface area contributed by atoms with Crippen molar-refractivity contribution in [2.45, 2.75) is 20.3 Å². The van der Waals surface area contributed by atoms with Crippen LogP contribution < -0.4 is 5.32 Å². The number of urea groups is 1. The number of benzene rings is 2. The van der Waals surface area contributed by atoms with E-state index in [9.17, 15) is 9.18 Å². The lowest BCUT2D eigenvalue weighted by molar-refractivity contribution is 0.148. The van der Waals surface area contributed by atoms with Crippen molar-refractivity contribution in [3.63, 3.8) is 0 Å². The summed E-state index contributed by atoms with van der Waals surface area (Å²) in [5.74, 6) is -0.197. The molecule has 1 aliphatic rings. The predicted molar refractivity (Wildman–Crippen MR) is 103 cm³/mol. The van der Waals surface area contributed by atoms with E-state index >= 15 is 0 Å². The highest BCUT2D eigenvalue weighted by atomic mass is 19.1. The van der Waals surface area contributed by atoms with Crippen molar-refractivity contribution in [3.05, 3.63) is 65.0 Å². The SMILES string of the molecule is Cc1ccc(NC(=O)N2CCN(CCc3ccc(F)cc3)CC2)cc1C. The maximum Gasteiger partial charge on any atom is 0.321 e. The number of aryl methyl sites for hydroxylation is 2. The first-order chi connectivity index (χ1) is 12.5. The van der Waals surface area contributed by atoms with E-state index in [1.54, 1.807) is 0 Å². The molecule has 1 aliphatic heterocycles. The maximum absolute atomic E-state index is 12.9. The molecule has 1 heterocycles. The van der Waals surface area contributed by atoms with Crippen LogP contribution in [0.2, 0.25) is 0 Å². The molecule has 5 heteroatoms. The second-order valence-corrected chi connectivity index (χ2v) is 6.93. The number of rotatable bonds is 4. The molecular formula is C21H26FN3O. The van der Waals surface area contributed by atoms with Gasteiger partial charge in [-0.1, -0.05) is 18.2 Å². The second kappa shape index (κ2) is 8.32. The average molecular weight is 355 g/mol. The molecule has 1 fully saturated rings. The zero-order valence-corrected chi connectivity index (χ0v) is 15.5. The molecule has 0 spiro atoms. The van der Waals surface area contributed by atoms with Crippen LogP contribution in [0, 0.1) is 19.7 Å². The van der Waals surface area contributed by atoms with Crippen LogP contribution in [-0.2, 0) is 6.42 Å². The number of nitrogens with one attached hydrogen (secondary N) is 1. The van der Waals surface area contributed by atoms with Gasteiger partial charge in [0.1, 0.15) is 5.82 Å². The predicted octanol–water partition coefficient (Wildman–Crippen LogP) is 3.83. The summed E-state index contributed by atoms with van der Waals surface area (Å²) in [5.41, 5.74) is 4.38. The van der Waals surface area contributed by atoms with Gasteiger partial charge in [0.15, 0.2) is 0 Å². The summed E-state index contributed by atoms with van der Waals surface area (Å²) in [4.78, 5) is 16.7. The molecule has 0 bridgehead atoms. The highest BCUT2D eigenvalue weighted by Gasteiger charge is 2.21. The Bertz CT molecular complexity index is 752. The largest absolute Gasteiger partial charge is 0.322 e. The van der Waals surface area contributed by atoms with Crippen molar-refractivity contribution in [2.24, 2.45) is 0 Å². The van der Waals surface area contributed by atoms with Gasteiger partial charge in [-0.3, -0.25) is 4.90 Å². The highest BCUT2D eigenvalue weighted by Crippen LogP contribution is 2.15. The van der Waals surface area contributed by atoms with Crippen molar-refractivity contribution in [1.29, 1.82) is 0 Å². The molecule has 0 aromatic heterocycles. The molecule has 0 aliphatic carbocycles. The van der Waals surface area contributed by atoms with Crippen LogP contribution in [0.15, 0.2) is 42.5 Å². The van der Waals surface area contributed by atoms with Gasteiger partial charge in [0.2, 0.25) is 0 Å². The molecule has 2 aromatic rings. The topological polar surface area (TPSA) is 35.6 Å².